The number of halogens is 4. The van der Waals surface area contributed by atoms with Gasteiger partial charge in [0.25, 0.3) is 7.37 Å². The summed E-state index contributed by atoms with van der Waals surface area (Å²) in [7, 11) is -4.01. The van der Waals surface area contributed by atoms with E-state index in [4.69, 9.17) is 0 Å². The first-order valence-electron chi connectivity index (χ1n) is 9.59. The van der Waals surface area contributed by atoms with Gasteiger partial charge < -0.3 is 4.89 Å². The fraction of sp³-hybridized carbons (Fsp3) is 0.167. The Labute approximate surface area is 216 Å². The van der Waals surface area contributed by atoms with Gasteiger partial charge in [-0.2, -0.15) is 0 Å². The zero-order chi connectivity index (χ0) is 22.3. The molecular weight excluding hydrogens is 671 g/mol. The second kappa shape index (κ2) is 8.70. The SMILES string of the molecule is O=P(O)(c1ccccc1)C1(Br)C=CC(Br)C(Br)(c2ccccc2)C1(Br)c1ccccc1. The molecule has 7 heteroatoms. The second-order valence-electron chi connectivity index (χ2n) is 7.45. The van der Waals surface area contributed by atoms with Crippen LogP contribution in [0, 0.1) is 0 Å². The summed E-state index contributed by atoms with van der Waals surface area (Å²) >= 11 is 15.8. The summed E-state index contributed by atoms with van der Waals surface area (Å²) in [6.07, 6.45) is 3.75. The summed E-state index contributed by atoms with van der Waals surface area (Å²) in [5.41, 5.74) is 1.84. The molecule has 0 radical (unpaired) electrons. The van der Waals surface area contributed by atoms with Crippen LogP contribution in [-0.4, -0.2) is 13.8 Å². The minimum absolute atomic E-state index is 0.177. The Bertz CT molecular complexity index is 1140. The van der Waals surface area contributed by atoms with E-state index in [-0.39, 0.29) is 4.83 Å². The first-order chi connectivity index (χ1) is 14.7. The Morgan fingerprint density at radius 3 is 1.71 bits per heavy atom. The van der Waals surface area contributed by atoms with E-state index < -0.39 is 20.1 Å². The van der Waals surface area contributed by atoms with Crippen molar-refractivity contribution in [2.45, 2.75) is 17.5 Å². The van der Waals surface area contributed by atoms with Crippen LogP contribution >= 0.6 is 71.1 Å². The lowest BCUT2D eigenvalue weighted by Gasteiger charge is -2.56. The standard InChI is InChI=1S/C24H19Br4O2P/c25-21-16-17-22(26,31(29,30)20-14-8-3-9-15-20)24(28,19-12-6-2-7-13-19)23(21,27)18-10-4-1-5-11-18/h1-17,21H,(H,29,30). The van der Waals surface area contributed by atoms with Crippen molar-refractivity contribution in [3.8, 4) is 0 Å². The number of allylic oxidation sites excluding steroid dienone is 2. The molecule has 0 saturated heterocycles. The van der Waals surface area contributed by atoms with E-state index in [1.165, 1.54) is 0 Å². The lowest BCUT2D eigenvalue weighted by atomic mass is 9.74. The van der Waals surface area contributed by atoms with E-state index in [0.29, 0.717) is 5.30 Å². The Kier molecular flexibility index (Phi) is 6.64. The molecule has 3 aromatic carbocycles. The van der Waals surface area contributed by atoms with Gasteiger partial charge in [-0.3, -0.25) is 4.57 Å². The van der Waals surface area contributed by atoms with Crippen LogP contribution in [0.15, 0.2) is 103 Å². The monoisotopic (exact) mass is 686 g/mol. The zero-order valence-electron chi connectivity index (χ0n) is 16.2. The third-order valence-electron chi connectivity index (χ3n) is 5.76. The second-order valence-corrected chi connectivity index (χ2v) is 15.1. The smallest absolute Gasteiger partial charge is 0.251 e. The van der Waals surface area contributed by atoms with E-state index in [1.54, 1.807) is 24.3 Å². The summed E-state index contributed by atoms with van der Waals surface area (Å²) in [5, 5.41) is 0.382. The van der Waals surface area contributed by atoms with E-state index in [2.05, 4.69) is 63.7 Å². The van der Waals surface area contributed by atoms with Crippen molar-refractivity contribution >= 4 is 76.4 Å². The molecule has 3 aromatic rings. The van der Waals surface area contributed by atoms with Gasteiger partial charge in [0, 0.05) is 5.30 Å². The Balaban J connectivity index is 2.09. The third kappa shape index (κ3) is 3.45. The Morgan fingerprint density at radius 1 is 0.742 bits per heavy atom. The quantitative estimate of drug-likeness (QED) is 0.174. The average Bonchev–Trinajstić information content (AvgIpc) is 2.81. The minimum Gasteiger partial charge on any atom is -0.340 e. The summed E-state index contributed by atoms with van der Waals surface area (Å²) < 4.78 is 11.1. The summed E-state index contributed by atoms with van der Waals surface area (Å²) in [6.45, 7) is 0. The lowest BCUT2D eigenvalue weighted by molar-refractivity contribution is 0.408. The van der Waals surface area contributed by atoms with Crippen LogP contribution in [0.3, 0.4) is 0 Å². The molecule has 0 aliphatic heterocycles. The van der Waals surface area contributed by atoms with E-state index >= 15 is 0 Å². The van der Waals surface area contributed by atoms with Gasteiger partial charge in [0.1, 0.15) is 4.07 Å². The van der Waals surface area contributed by atoms with Crippen LogP contribution in [0.25, 0.3) is 0 Å². The molecule has 1 N–H and O–H groups in total. The maximum absolute atomic E-state index is 14.3. The highest BCUT2D eigenvalue weighted by atomic mass is 79.9. The summed E-state index contributed by atoms with van der Waals surface area (Å²) in [4.78, 5) is 11.5. The lowest BCUT2D eigenvalue weighted by Crippen LogP contribution is -2.59. The van der Waals surface area contributed by atoms with Crippen LogP contribution in [0.5, 0.6) is 0 Å². The molecule has 0 heterocycles. The van der Waals surface area contributed by atoms with Gasteiger partial charge in [0.05, 0.1) is 13.5 Å². The van der Waals surface area contributed by atoms with Gasteiger partial charge in [-0.15, -0.1) is 0 Å². The first kappa shape index (κ1) is 23.7. The van der Waals surface area contributed by atoms with Gasteiger partial charge in [0.15, 0.2) is 0 Å². The van der Waals surface area contributed by atoms with Crippen molar-refractivity contribution in [2.24, 2.45) is 0 Å². The predicted octanol–water partition coefficient (Wildman–Crippen LogP) is 7.59. The molecule has 0 bridgehead atoms. The van der Waals surface area contributed by atoms with Gasteiger partial charge in [-0.1, -0.05) is 155 Å². The van der Waals surface area contributed by atoms with Crippen molar-refractivity contribution in [2.75, 3.05) is 0 Å². The predicted molar refractivity (Wildman–Crippen MR) is 144 cm³/mol. The molecule has 0 amide bonds. The highest BCUT2D eigenvalue weighted by molar-refractivity contribution is 9.15. The summed E-state index contributed by atoms with van der Waals surface area (Å²) in [6, 6.07) is 28.6. The highest BCUT2D eigenvalue weighted by Crippen LogP contribution is 2.76. The molecule has 1 aliphatic rings. The summed E-state index contributed by atoms with van der Waals surface area (Å²) in [5.74, 6) is 0. The molecule has 0 fully saturated rings. The molecule has 0 saturated carbocycles. The minimum atomic E-state index is -4.01. The van der Waals surface area contributed by atoms with Crippen molar-refractivity contribution in [3.05, 3.63) is 114 Å². The van der Waals surface area contributed by atoms with Gasteiger partial charge in [0.2, 0.25) is 0 Å². The number of alkyl halides is 4. The van der Waals surface area contributed by atoms with Crippen molar-refractivity contribution in [1.29, 1.82) is 0 Å². The third-order valence-corrected chi connectivity index (χ3v) is 16.7. The normalized spacial score (nSPS) is 32.4. The average molecular weight is 690 g/mol. The molecular formula is C24H19Br4O2P. The van der Waals surface area contributed by atoms with Gasteiger partial charge >= 0.3 is 0 Å². The van der Waals surface area contributed by atoms with Crippen LogP contribution in [0.1, 0.15) is 11.1 Å². The topological polar surface area (TPSA) is 37.3 Å². The fourth-order valence-corrected chi connectivity index (χ4v) is 11.5. The van der Waals surface area contributed by atoms with E-state index in [1.807, 2.05) is 78.9 Å². The van der Waals surface area contributed by atoms with Gasteiger partial charge in [-0.25, -0.2) is 0 Å². The van der Waals surface area contributed by atoms with Crippen LogP contribution in [0.4, 0.5) is 0 Å². The molecule has 0 aromatic heterocycles. The largest absolute Gasteiger partial charge is 0.340 e. The molecule has 160 valence electrons. The number of hydrogen-bond donors (Lipinski definition) is 1. The molecule has 5 unspecified atom stereocenters. The molecule has 1 aliphatic carbocycles. The number of hydrogen-bond acceptors (Lipinski definition) is 1. The molecule has 4 rings (SSSR count). The van der Waals surface area contributed by atoms with E-state index in [9.17, 15) is 9.46 Å². The Hall–Kier alpha value is -0.490. The van der Waals surface area contributed by atoms with Gasteiger partial charge in [-0.05, 0) is 23.3 Å². The highest BCUT2D eigenvalue weighted by Gasteiger charge is 2.71. The number of benzene rings is 3. The molecule has 31 heavy (non-hydrogen) atoms. The van der Waals surface area contributed by atoms with Crippen LogP contribution in [-0.2, 0) is 13.2 Å². The van der Waals surface area contributed by atoms with Crippen LogP contribution < -0.4 is 5.30 Å². The number of rotatable bonds is 4. The maximum atomic E-state index is 14.3. The molecule has 2 nitrogen and oxygen atoms in total. The molecule has 5 atom stereocenters. The van der Waals surface area contributed by atoms with Crippen molar-refractivity contribution in [1.82, 2.24) is 0 Å². The Morgan fingerprint density at radius 2 is 1.19 bits per heavy atom. The van der Waals surface area contributed by atoms with E-state index in [0.717, 1.165) is 11.1 Å². The van der Waals surface area contributed by atoms with Crippen LogP contribution in [0.2, 0.25) is 0 Å². The van der Waals surface area contributed by atoms with Crippen molar-refractivity contribution < 1.29 is 9.46 Å². The fourth-order valence-electron chi connectivity index (χ4n) is 4.15. The maximum Gasteiger partial charge on any atom is 0.251 e. The first-order valence-corrected chi connectivity index (χ1v) is 14.5. The van der Waals surface area contributed by atoms with Crippen molar-refractivity contribution in [3.63, 3.8) is 0 Å². The zero-order valence-corrected chi connectivity index (χ0v) is 23.4. The molecule has 0 spiro atoms.